The standard InChI is InChI=1S/C25H18FN5OS/c26-17-7-9-18(10-8-17)30-25(32)31-20-4-1-3-19(14-20)29-24-21-11-6-16(23-5-2-12-33-23)13-22(21)27-15-28-24/h1-15H,(H,27,28,29)(H2,30,31,32). The number of hydrogen-bond acceptors (Lipinski definition) is 5. The maximum atomic E-state index is 13.0. The Hall–Kier alpha value is -4.30. The van der Waals surface area contributed by atoms with Gasteiger partial charge < -0.3 is 16.0 Å². The van der Waals surface area contributed by atoms with Gasteiger partial charge in [-0.25, -0.2) is 19.2 Å². The van der Waals surface area contributed by atoms with Gasteiger partial charge in [-0.2, -0.15) is 0 Å². The minimum atomic E-state index is -0.424. The second-order valence-corrected chi connectivity index (χ2v) is 8.17. The van der Waals surface area contributed by atoms with Crippen molar-refractivity contribution >= 4 is 51.2 Å². The summed E-state index contributed by atoms with van der Waals surface area (Å²) in [5, 5.41) is 11.7. The summed E-state index contributed by atoms with van der Waals surface area (Å²) in [7, 11) is 0. The number of hydrogen-bond donors (Lipinski definition) is 3. The third-order valence-electron chi connectivity index (χ3n) is 4.93. The third kappa shape index (κ3) is 4.81. The summed E-state index contributed by atoms with van der Waals surface area (Å²) in [5.74, 6) is 0.311. The number of fused-ring (bicyclic) bond motifs is 1. The van der Waals surface area contributed by atoms with E-state index in [9.17, 15) is 9.18 Å². The van der Waals surface area contributed by atoms with Crippen LogP contribution in [0.1, 0.15) is 0 Å². The first kappa shape index (κ1) is 20.6. The molecular weight excluding hydrogens is 437 g/mol. The van der Waals surface area contributed by atoms with Crippen LogP contribution >= 0.6 is 11.3 Å². The zero-order valence-corrected chi connectivity index (χ0v) is 18.1. The molecule has 6 nitrogen and oxygen atoms in total. The molecule has 0 aliphatic heterocycles. The zero-order chi connectivity index (χ0) is 22.6. The summed E-state index contributed by atoms with van der Waals surface area (Å²) in [6, 6.07) is 22.7. The molecule has 5 rings (SSSR count). The first-order chi connectivity index (χ1) is 16.1. The molecular formula is C25H18FN5OS. The first-order valence-electron chi connectivity index (χ1n) is 10.1. The van der Waals surface area contributed by atoms with E-state index in [0.717, 1.165) is 22.2 Å². The van der Waals surface area contributed by atoms with Gasteiger partial charge in [-0.3, -0.25) is 0 Å². The van der Waals surface area contributed by atoms with Crippen LogP contribution in [0.5, 0.6) is 0 Å². The van der Waals surface area contributed by atoms with E-state index < -0.39 is 6.03 Å². The average molecular weight is 456 g/mol. The molecule has 2 heterocycles. The monoisotopic (exact) mass is 455 g/mol. The summed E-state index contributed by atoms with van der Waals surface area (Å²) in [6.45, 7) is 0. The molecule has 3 N–H and O–H groups in total. The molecule has 3 aromatic carbocycles. The summed E-state index contributed by atoms with van der Waals surface area (Å²) in [6.07, 6.45) is 1.53. The van der Waals surface area contributed by atoms with Crippen LogP contribution in [0.25, 0.3) is 21.3 Å². The molecule has 0 bridgehead atoms. The molecule has 162 valence electrons. The Kier molecular flexibility index (Phi) is 5.65. The van der Waals surface area contributed by atoms with Gasteiger partial charge >= 0.3 is 6.03 Å². The highest BCUT2D eigenvalue weighted by molar-refractivity contribution is 7.13. The number of thiophene rings is 1. The molecule has 0 spiro atoms. The smallest absolute Gasteiger partial charge is 0.323 e. The summed E-state index contributed by atoms with van der Waals surface area (Å²) >= 11 is 1.68. The van der Waals surface area contributed by atoms with Gasteiger partial charge in [0.1, 0.15) is 18.0 Å². The SMILES string of the molecule is O=C(Nc1ccc(F)cc1)Nc1cccc(Nc2ncnc3cc(-c4cccs4)ccc23)c1. The minimum Gasteiger partial charge on any atom is -0.340 e. The Morgan fingerprint density at radius 3 is 2.45 bits per heavy atom. The number of anilines is 4. The van der Waals surface area contributed by atoms with Crippen LogP contribution in [0.4, 0.5) is 32.1 Å². The van der Waals surface area contributed by atoms with E-state index in [0.29, 0.717) is 17.2 Å². The highest BCUT2D eigenvalue weighted by Gasteiger charge is 2.08. The second-order valence-electron chi connectivity index (χ2n) is 7.22. The number of urea groups is 1. The quantitative estimate of drug-likeness (QED) is 0.270. The van der Waals surface area contributed by atoms with Gasteiger partial charge in [0.05, 0.1) is 5.52 Å². The first-order valence-corrected chi connectivity index (χ1v) is 11.0. The average Bonchev–Trinajstić information content (AvgIpc) is 3.36. The van der Waals surface area contributed by atoms with Crippen LogP contribution in [0.3, 0.4) is 0 Å². The number of carbonyl (C=O) groups excluding carboxylic acids is 1. The molecule has 5 aromatic rings. The van der Waals surface area contributed by atoms with E-state index in [1.807, 2.05) is 35.7 Å². The van der Waals surface area contributed by atoms with Crippen molar-refractivity contribution in [1.29, 1.82) is 0 Å². The van der Waals surface area contributed by atoms with Gasteiger partial charge in [-0.15, -0.1) is 11.3 Å². The van der Waals surface area contributed by atoms with E-state index in [-0.39, 0.29) is 5.82 Å². The predicted molar refractivity (Wildman–Crippen MR) is 132 cm³/mol. The van der Waals surface area contributed by atoms with Crippen molar-refractivity contribution in [2.45, 2.75) is 0 Å². The van der Waals surface area contributed by atoms with Crippen LogP contribution in [0.2, 0.25) is 0 Å². The molecule has 8 heteroatoms. The fourth-order valence-electron chi connectivity index (χ4n) is 3.39. The lowest BCUT2D eigenvalue weighted by molar-refractivity contribution is 0.262. The molecule has 0 saturated carbocycles. The number of aromatic nitrogens is 2. The predicted octanol–water partition coefficient (Wildman–Crippen LogP) is 6.89. The van der Waals surface area contributed by atoms with E-state index >= 15 is 0 Å². The van der Waals surface area contributed by atoms with Crippen molar-refractivity contribution in [3.8, 4) is 10.4 Å². The van der Waals surface area contributed by atoms with Gasteiger partial charge in [-0.05, 0) is 71.6 Å². The second kappa shape index (κ2) is 9.05. The number of halogens is 1. The maximum absolute atomic E-state index is 13.0. The topological polar surface area (TPSA) is 78.9 Å². The van der Waals surface area contributed by atoms with E-state index in [1.54, 1.807) is 23.5 Å². The van der Waals surface area contributed by atoms with Gasteiger partial charge in [0.2, 0.25) is 0 Å². The Morgan fingerprint density at radius 2 is 1.64 bits per heavy atom. The minimum absolute atomic E-state index is 0.361. The highest BCUT2D eigenvalue weighted by Crippen LogP contribution is 2.30. The van der Waals surface area contributed by atoms with Crippen LogP contribution in [-0.2, 0) is 0 Å². The van der Waals surface area contributed by atoms with E-state index in [2.05, 4.69) is 38.1 Å². The molecule has 0 radical (unpaired) electrons. The Morgan fingerprint density at radius 1 is 0.818 bits per heavy atom. The molecule has 0 unspecified atom stereocenters. The Balaban J connectivity index is 1.33. The fraction of sp³-hybridized carbons (Fsp3) is 0. The largest absolute Gasteiger partial charge is 0.340 e. The van der Waals surface area contributed by atoms with Crippen molar-refractivity contribution in [2.75, 3.05) is 16.0 Å². The lowest BCUT2D eigenvalue weighted by Crippen LogP contribution is -2.19. The van der Waals surface area contributed by atoms with Crippen LogP contribution < -0.4 is 16.0 Å². The Labute approximate surface area is 193 Å². The van der Waals surface area contributed by atoms with Gasteiger partial charge in [0.25, 0.3) is 0 Å². The van der Waals surface area contributed by atoms with Crippen molar-refractivity contribution in [2.24, 2.45) is 0 Å². The molecule has 33 heavy (non-hydrogen) atoms. The number of carbonyl (C=O) groups is 1. The van der Waals surface area contributed by atoms with Gasteiger partial charge in [0.15, 0.2) is 0 Å². The van der Waals surface area contributed by atoms with Crippen LogP contribution in [0.15, 0.2) is 90.6 Å². The molecule has 0 aliphatic rings. The molecule has 0 atom stereocenters. The molecule has 2 amide bonds. The van der Waals surface area contributed by atoms with Gasteiger partial charge in [0, 0.05) is 27.3 Å². The van der Waals surface area contributed by atoms with Crippen molar-refractivity contribution in [3.05, 3.63) is 96.4 Å². The molecule has 0 saturated heterocycles. The summed E-state index contributed by atoms with van der Waals surface area (Å²) in [5.41, 5.74) is 3.80. The molecule has 0 aliphatic carbocycles. The zero-order valence-electron chi connectivity index (χ0n) is 17.2. The number of benzene rings is 3. The van der Waals surface area contributed by atoms with E-state index in [1.165, 1.54) is 35.5 Å². The highest BCUT2D eigenvalue weighted by atomic mass is 32.1. The Bertz CT molecular complexity index is 1420. The van der Waals surface area contributed by atoms with Gasteiger partial charge in [-0.1, -0.05) is 18.2 Å². The number of rotatable bonds is 5. The molecule has 2 aromatic heterocycles. The summed E-state index contributed by atoms with van der Waals surface area (Å²) < 4.78 is 13.0. The van der Waals surface area contributed by atoms with Crippen molar-refractivity contribution in [3.63, 3.8) is 0 Å². The van der Waals surface area contributed by atoms with Crippen LogP contribution in [-0.4, -0.2) is 16.0 Å². The third-order valence-corrected chi connectivity index (χ3v) is 5.85. The number of amides is 2. The fourth-order valence-corrected chi connectivity index (χ4v) is 4.11. The lowest BCUT2D eigenvalue weighted by Gasteiger charge is -2.12. The maximum Gasteiger partial charge on any atom is 0.323 e. The number of nitrogens with one attached hydrogen (secondary N) is 3. The van der Waals surface area contributed by atoms with E-state index in [4.69, 9.17) is 0 Å². The lowest BCUT2D eigenvalue weighted by atomic mass is 10.1. The summed E-state index contributed by atoms with van der Waals surface area (Å²) in [4.78, 5) is 22.3. The number of nitrogens with zero attached hydrogens (tertiary/aromatic N) is 2. The van der Waals surface area contributed by atoms with Crippen LogP contribution in [0, 0.1) is 5.82 Å². The van der Waals surface area contributed by atoms with Crippen molar-refractivity contribution < 1.29 is 9.18 Å². The molecule has 0 fully saturated rings. The normalized spacial score (nSPS) is 10.7. The van der Waals surface area contributed by atoms with Crippen molar-refractivity contribution in [1.82, 2.24) is 9.97 Å².